The molecule has 4 amide bonds. The summed E-state index contributed by atoms with van der Waals surface area (Å²) >= 11 is 0. The van der Waals surface area contributed by atoms with Crippen LogP contribution in [-0.4, -0.2) is 117 Å². The van der Waals surface area contributed by atoms with E-state index in [-0.39, 0.29) is 35.7 Å². The molecule has 3 aliphatic heterocycles. The monoisotopic (exact) mass is 735 g/mol. The van der Waals surface area contributed by atoms with Crippen molar-refractivity contribution in [1.82, 2.24) is 24.9 Å². The van der Waals surface area contributed by atoms with Gasteiger partial charge in [-0.15, -0.1) is 0 Å². The zero-order valence-corrected chi connectivity index (χ0v) is 31.0. The summed E-state index contributed by atoms with van der Waals surface area (Å²) in [5.74, 6) is -1.33. The van der Waals surface area contributed by atoms with Crippen LogP contribution in [0.15, 0.2) is 78.9 Å². The van der Waals surface area contributed by atoms with E-state index in [1.54, 1.807) is 34.1 Å². The molecule has 1 saturated carbocycles. The molecule has 3 aromatic rings. The molecule has 0 spiro atoms. The number of piperazine rings is 2. The molecule has 0 unspecified atom stereocenters. The highest BCUT2D eigenvalue weighted by atomic mass is 16.3. The van der Waals surface area contributed by atoms with Gasteiger partial charge in [0.25, 0.3) is 0 Å². The molecule has 11 heteroatoms. The molecular formula is C43H53N5O6. The number of phenols is 2. The summed E-state index contributed by atoms with van der Waals surface area (Å²) in [6.45, 7) is 3.01. The van der Waals surface area contributed by atoms with Crippen LogP contribution in [0, 0.1) is 5.92 Å². The van der Waals surface area contributed by atoms with Gasteiger partial charge in [0.15, 0.2) is 0 Å². The smallest absolute Gasteiger partial charge is 0.312 e. The largest absolute Gasteiger partial charge is 0.508 e. The van der Waals surface area contributed by atoms with E-state index in [9.17, 15) is 29.4 Å². The minimum atomic E-state index is -0.580. The maximum Gasteiger partial charge on any atom is 0.312 e. The van der Waals surface area contributed by atoms with E-state index in [0.717, 1.165) is 61.8 Å². The fourth-order valence-electron chi connectivity index (χ4n) is 9.10. The highest BCUT2D eigenvalue weighted by molar-refractivity contribution is 6.36. The first-order valence-corrected chi connectivity index (χ1v) is 19.8. The van der Waals surface area contributed by atoms with E-state index in [0.29, 0.717) is 57.9 Å². The Labute approximate surface area is 317 Å². The van der Waals surface area contributed by atoms with Gasteiger partial charge in [0, 0.05) is 44.8 Å². The maximum atomic E-state index is 14.3. The van der Waals surface area contributed by atoms with E-state index in [1.807, 2.05) is 59.5 Å². The normalized spacial score (nSPS) is 23.6. The number of carbonyl (C=O) groups excluding carboxylic acids is 4. The van der Waals surface area contributed by atoms with Crippen LogP contribution < -0.4 is 5.32 Å². The Balaban J connectivity index is 1.14. The fraction of sp³-hybridized carbons (Fsp3) is 0.488. The topological polar surface area (TPSA) is 134 Å². The molecular weight excluding hydrogens is 683 g/mol. The predicted octanol–water partition coefficient (Wildman–Crippen LogP) is 3.91. The highest BCUT2D eigenvalue weighted by Crippen LogP contribution is 2.30. The molecule has 3 heterocycles. The number of phenolic OH excluding ortho intramolecular Hbond substituents is 2. The Morgan fingerprint density at radius 2 is 1.26 bits per heavy atom. The number of amides is 4. The molecule has 1 aliphatic carbocycles. The second-order valence-corrected chi connectivity index (χ2v) is 15.8. The number of likely N-dealkylation sites (tertiary alicyclic amines) is 1. The van der Waals surface area contributed by atoms with E-state index < -0.39 is 23.6 Å². The highest BCUT2D eigenvalue weighted by Gasteiger charge is 2.44. The molecule has 286 valence electrons. The second-order valence-electron chi connectivity index (χ2n) is 15.8. The molecule has 0 radical (unpaired) electrons. The maximum absolute atomic E-state index is 14.3. The standard InChI is InChI=1S/C43H53N5O6/c49-38-17-13-31(14-18-38)23-36(27-45-21-7-12-34(45)28-47-35(25-44-40(51)41(47)52)22-30-8-3-1-4-9-30)48-29-37(24-32-15-19-39(50)20-16-32)46(42(53)43(48)54)26-33-10-5-2-6-11-33/h1,3-4,8-9,13-20,33-37,49-50H,2,5-7,10-12,21-29H2,(H,44,51)/t34-,35-,36-,37-/m0/s1. The zero-order chi connectivity index (χ0) is 37.6. The van der Waals surface area contributed by atoms with Gasteiger partial charge >= 0.3 is 23.6 Å². The van der Waals surface area contributed by atoms with E-state index in [4.69, 9.17) is 0 Å². The minimum Gasteiger partial charge on any atom is -0.508 e. The van der Waals surface area contributed by atoms with Gasteiger partial charge in [0.05, 0.1) is 12.1 Å². The summed E-state index contributed by atoms with van der Waals surface area (Å²) in [6.07, 6.45) is 9.04. The van der Waals surface area contributed by atoms with Crippen molar-refractivity contribution in [2.75, 3.05) is 39.3 Å². The number of benzene rings is 3. The van der Waals surface area contributed by atoms with Crippen LogP contribution in [-0.2, 0) is 38.4 Å². The number of rotatable bonds is 13. The first kappa shape index (κ1) is 37.4. The lowest BCUT2D eigenvalue weighted by molar-refractivity contribution is -0.162. The molecule has 3 N–H and O–H groups in total. The Bertz CT molecular complexity index is 1760. The molecule has 4 fully saturated rings. The van der Waals surface area contributed by atoms with Crippen LogP contribution >= 0.6 is 0 Å². The molecule has 3 aromatic carbocycles. The molecule has 3 saturated heterocycles. The third-order valence-corrected chi connectivity index (χ3v) is 12.0. The third kappa shape index (κ3) is 8.89. The van der Waals surface area contributed by atoms with E-state index in [1.165, 1.54) is 6.42 Å². The van der Waals surface area contributed by atoms with Gasteiger partial charge in [0.2, 0.25) is 0 Å². The van der Waals surface area contributed by atoms with Crippen LogP contribution in [0.4, 0.5) is 0 Å². The molecule has 4 atom stereocenters. The average Bonchev–Trinajstić information content (AvgIpc) is 3.62. The van der Waals surface area contributed by atoms with Gasteiger partial charge in [-0.3, -0.25) is 24.1 Å². The molecule has 0 aromatic heterocycles. The number of nitrogens with one attached hydrogen (secondary N) is 1. The Kier molecular flexibility index (Phi) is 11.8. The Morgan fingerprint density at radius 3 is 1.96 bits per heavy atom. The van der Waals surface area contributed by atoms with Crippen LogP contribution in [0.5, 0.6) is 11.5 Å². The average molecular weight is 736 g/mol. The number of hydrogen-bond acceptors (Lipinski definition) is 7. The first-order valence-electron chi connectivity index (χ1n) is 19.8. The van der Waals surface area contributed by atoms with Crippen LogP contribution in [0.2, 0.25) is 0 Å². The van der Waals surface area contributed by atoms with Crippen molar-refractivity contribution in [3.05, 3.63) is 95.6 Å². The van der Waals surface area contributed by atoms with Crippen molar-refractivity contribution in [2.45, 2.75) is 88.4 Å². The van der Waals surface area contributed by atoms with E-state index in [2.05, 4.69) is 10.2 Å². The molecule has 4 aliphatic rings. The van der Waals surface area contributed by atoms with Crippen molar-refractivity contribution in [2.24, 2.45) is 5.92 Å². The van der Waals surface area contributed by atoms with Gasteiger partial charge < -0.3 is 30.2 Å². The van der Waals surface area contributed by atoms with Crippen LogP contribution in [0.1, 0.15) is 61.6 Å². The summed E-state index contributed by atoms with van der Waals surface area (Å²) in [4.78, 5) is 62.3. The van der Waals surface area contributed by atoms with Crippen molar-refractivity contribution in [3.63, 3.8) is 0 Å². The lowest BCUT2D eigenvalue weighted by Crippen LogP contribution is -2.65. The van der Waals surface area contributed by atoms with Crippen molar-refractivity contribution >= 4 is 23.6 Å². The summed E-state index contributed by atoms with van der Waals surface area (Å²) in [5.41, 5.74) is 3.03. The minimum absolute atomic E-state index is 0.0216. The van der Waals surface area contributed by atoms with Gasteiger partial charge in [-0.25, -0.2) is 0 Å². The number of carbonyl (C=O) groups is 4. The zero-order valence-electron chi connectivity index (χ0n) is 31.0. The van der Waals surface area contributed by atoms with E-state index >= 15 is 0 Å². The Hall–Kier alpha value is -4.90. The summed E-state index contributed by atoms with van der Waals surface area (Å²) in [6, 6.07) is 23.3. The molecule has 54 heavy (non-hydrogen) atoms. The van der Waals surface area contributed by atoms with Gasteiger partial charge in [-0.2, -0.15) is 0 Å². The van der Waals surface area contributed by atoms with Gasteiger partial charge in [0.1, 0.15) is 11.5 Å². The van der Waals surface area contributed by atoms with Gasteiger partial charge in [-0.05, 0) is 98.4 Å². The lowest BCUT2D eigenvalue weighted by atomic mass is 9.87. The summed E-state index contributed by atoms with van der Waals surface area (Å²) < 4.78 is 0. The molecule has 0 bridgehead atoms. The quantitative estimate of drug-likeness (QED) is 0.227. The molecule has 11 nitrogen and oxygen atoms in total. The van der Waals surface area contributed by atoms with Gasteiger partial charge in [-0.1, -0.05) is 73.9 Å². The lowest BCUT2D eigenvalue weighted by Gasteiger charge is -2.46. The van der Waals surface area contributed by atoms with Crippen molar-refractivity contribution < 1.29 is 29.4 Å². The fourth-order valence-corrected chi connectivity index (χ4v) is 9.10. The predicted molar refractivity (Wildman–Crippen MR) is 204 cm³/mol. The molecule has 7 rings (SSSR count). The summed E-state index contributed by atoms with van der Waals surface area (Å²) in [5, 5.41) is 22.8. The van der Waals surface area contributed by atoms with Crippen molar-refractivity contribution in [1.29, 1.82) is 0 Å². The van der Waals surface area contributed by atoms with Crippen LogP contribution in [0.3, 0.4) is 0 Å². The Morgan fingerprint density at radius 1 is 0.630 bits per heavy atom. The number of hydrogen-bond donors (Lipinski definition) is 3. The first-order chi connectivity index (χ1) is 26.2. The number of nitrogens with zero attached hydrogens (tertiary/aromatic N) is 4. The summed E-state index contributed by atoms with van der Waals surface area (Å²) in [7, 11) is 0. The van der Waals surface area contributed by atoms with Crippen molar-refractivity contribution in [3.8, 4) is 11.5 Å². The SMILES string of the molecule is O=C1NC[C@H](Cc2ccccc2)N(C[C@@H]2CCCN2C[C@H](Cc2ccc(O)cc2)N2C[C@H](Cc3ccc(O)cc3)N(CC3CCCCC3)C(=O)C2=O)C1=O. The number of aromatic hydroxyl groups is 2. The second kappa shape index (κ2) is 17.1. The van der Waals surface area contributed by atoms with Crippen LogP contribution in [0.25, 0.3) is 0 Å². The third-order valence-electron chi connectivity index (χ3n) is 12.0.